The molecule has 66 valence electrons. The van der Waals surface area contributed by atoms with Crippen molar-refractivity contribution in [3.63, 3.8) is 0 Å². The molecule has 0 aliphatic carbocycles. The van der Waals surface area contributed by atoms with E-state index in [1.807, 2.05) is 6.92 Å². The van der Waals surface area contributed by atoms with Crippen molar-refractivity contribution >= 4 is 15.9 Å². The lowest BCUT2D eigenvalue weighted by Crippen LogP contribution is -1.98. The van der Waals surface area contributed by atoms with Crippen LogP contribution in [0.4, 0.5) is 0 Å². The van der Waals surface area contributed by atoms with Gasteiger partial charge in [-0.3, -0.25) is 0 Å². The Morgan fingerprint density at radius 2 is 2.33 bits per heavy atom. The van der Waals surface area contributed by atoms with Crippen molar-refractivity contribution in [3.05, 3.63) is 10.7 Å². The molecule has 1 saturated heterocycles. The molecule has 2 unspecified atom stereocenters. The average Bonchev–Trinajstić information content (AvgIpc) is 2.58. The van der Waals surface area contributed by atoms with Crippen molar-refractivity contribution in [3.8, 4) is 0 Å². The quantitative estimate of drug-likeness (QED) is 0.740. The van der Waals surface area contributed by atoms with Crippen LogP contribution in [0.3, 0.4) is 0 Å². The lowest BCUT2D eigenvalue weighted by atomic mass is 10.1. The number of rotatable bonds is 1. The third-order valence-electron chi connectivity index (χ3n) is 1.96. The van der Waals surface area contributed by atoms with Gasteiger partial charge in [0.2, 0.25) is 5.89 Å². The predicted molar refractivity (Wildman–Crippen MR) is 44.8 cm³/mol. The first kappa shape index (κ1) is 8.19. The molecule has 1 fully saturated rings. The summed E-state index contributed by atoms with van der Waals surface area (Å²) in [5, 5.41) is 7.62. The van der Waals surface area contributed by atoms with Crippen LogP contribution >= 0.6 is 15.9 Å². The Bertz CT molecular complexity index is 276. The minimum absolute atomic E-state index is 0.277. The lowest BCUT2D eigenvalue weighted by Gasteiger charge is -1.98. The molecule has 0 spiro atoms. The van der Waals surface area contributed by atoms with Crippen molar-refractivity contribution in [2.75, 3.05) is 6.61 Å². The second-order valence-electron chi connectivity index (χ2n) is 2.97. The molecule has 2 heterocycles. The Labute approximate surface area is 78.4 Å². The van der Waals surface area contributed by atoms with Crippen molar-refractivity contribution < 1.29 is 9.15 Å². The second kappa shape index (κ2) is 3.14. The molecule has 0 bridgehead atoms. The first-order chi connectivity index (χ1) is 5.75. The number of aromatic nitrogens is 2. The lowest BCUT2D eigenvalue weighted by molar-refractivity contribution is 0.122. The summed E-state index contributed by atoms with van der Waals surface area (Å²) in [5.41, 5.74) is 0. The largest absolute Gasteiger partial charge is 0.415 e. The highest BCUT2D eigenvalue weighted by Gasteiger charge is 2.27. The molecule has 1 aromatic rings. The fourth-order valence-corrected chi connectivity index (χ4v) is 1.62. The molecular weight excluding hydrogens is 224 g/mol. The van der Waals surface area contributed by atoms with Gasteiger partial charge in [0.15, 0.2) is 0 Å². The highest BCUT2D eigenvalue weighted by molar-refractivity contribution is 9.10. The number of hydrogen-bond donors (Lipinski definition) is 0. The van der Waals surface area contributed by atoms with E-state index in [0.717, 1.165) is 6.42 Å². The number of hydrogen-bond acceptors (Lipinski definition) is 4. The summed E-state index contributed by atoms with van der Waals surface area (Å²) in [4.78, 5) is 0.442. The van der Waals surface area contributed by atoms with E-state index in [-0.39, 0.29) is 5.92 Å². The van der Waals surface area contributed by atoms with Crippen molar-refractivity contribution in [2.24, 2.45) is 0 Å². The van der Waals surface area contributed by atoms with Gasteiger partial charge in [-0.25, -0.2) is 0 Å². The molecule has 2 atom stereocenters. The van der Waals surface area contributed by atoms with Gasteiger partial charge in [0.05, 0.1) is 18.6 Å². The predicted octanol–water partition coefficient (Wildman–Crippen LogP) is 1.72. The highest BCUT2D eigenvalue weighted by atomic mass is 79.9. The fraction of sp³-hybridized carbons (Fsp3) is 0.714. The van der Waals surface area contributed by atoms with E-state index in [2.05, 4.69) is 26.1 Å². The maximum Gasteiger partial charge on any atom is 0.284 e. The third kappa shape index (κ3) is 1.51. The van der Waals surface area contributed by atoms with E-state index < -0.39 is 0 Å². The summed E-state index contributed by atoms with van der Waals surface area (Å²) in [6.45, 7) is 2.74. The highest BCUT2D eigenvalue weighted by Crippen LogP contribution is 2.28. The van der Waals surface area contributed by atoms with E-state index in [0.29, 0.717) is 23.4 Å². The van der Waals surface area contributed by atoms with Crippen LogP contribution in [0.2, 0.25) is 0 Å². The molecule has 1 aromatic heterocycles. The second-order valence-corrected chi connectivity index (χ2v) is 3.65. The van der Waals surface area contributed by atoms with Crippen LogP contribution < -0.4 is 0 Å². The van der Waals surface area contributed by atoms with Gasteiger partial charge >= 0.3 is 0 Å². The molecule has 0 amide bonds. The van der Waals surface area contributed by atoms with Gasteiger partial charge < -0.3 is 9.15 Å². The Morgan fingerprint density at radius 1 is 1.50 bits per heavy atom. The van der Waals surface area contributed by atoms with E-state index in [9.17, 15) is 0 Å². The average molecular weight is 233 g/mol. The SMILES string of the molecule is CC1CC(c2nnc(Br)o2)CO1. The first-order valence-corrected chi connectivity index (χ1v) is 4.65. The van der Waals surface area contributed by atoms with E-state index in [1.54, 1.807) is 0 Å². The molecule has 12 heavy (non-hydrogen) atoms. The molecule has 0 saturated carbocycles. The summed E-state index contributed by atoms with van der Waals surface area (Å²) < 4.78 is 10.6. The Morgan fingerprint density at radius 3 is 2.83 bits per heavy atom. The molecule has 0 N–H and O–H groups in total. The van der Waals surface area contributed by atoms with Crippen LogP contribution in [0.1, 0.15) is 25.2 Å². The number of halogens is 1. The van der Waals surface area contributed by atoms with Crippen LogP contribution in [-0.2, 0) is 4.74 Å². The zero-order valence-corrected chi connectivity index (χ0v) is 8.24. The molecule has 0 radical (unpaired) electrons. The molecule has 1 aliphatic heterocycles. The van der Waals surface area contributed by atoms with Gasteiger partial charge in [-0.15, -0.1) is 10.2 Å². The summed E-state index contributed by atoms with van der Waals surface area (Å²) in [5.74, 6) is 0.949. The number of ether oxygens (including phenoxy) is 1. The van der Waals surface area contributed by atoms with Crippen LogP contribution in [-0.4, -0.2) is 22.9 Å². The third-order valence-corrected chi connectivity index (χ3v) is 2.28. The van der Waals surface area contributed by atoms with E-state index in [1.165, 1.54) is 0 Å². The minimum atomic E-state index is 0.277. The zero-order chi connectivity index (χ0) is 8.55. The van der Waals surface area contributed by atoms with Crippen molar-refractivity contribution in [1.82, 2.24) is 10.2 Å². The van der Waals surface area contributed by atoms with Gasteiger partial charge in [-0.1, -0.05) is 0 Å². The Balaban J connectivity index is 2.11. The van der Waals surface area contributed by atoms with Gasteiger partial charge in [-0.05, 0) is 13.3 Å². The Hall–Kier alpha value is -0.420. The Kier molecular flexibility index (Phi) is 2.14. The normalized spacial score (nSPS) is 29.5. The summed E-state index contributed by atoms with van der Waals surface area (Å²) in [7, 11) is 0. The number of nitrogens with zero attached hydrogens (tertiary/aromatic N) is 2. The molecule has 5 heteroatoms. The maximum absolute atomic E-state index is 5.39. The monoisotopic (exact) mass is 232 g/mol. The molecule has 4 nitrogen and oxygen atoms in total. The standard InChI is InChI=1S/C7H9BrN2O2/c1-4-2-5(3-11-4)6-9-10-7(8)12-6/h4-5H,2-3H2,1H3. The van der Waals surface area contributed by atoms with Crippen LogP contribution in [0, 0.1) is 0 Å². The van der Waals surface area contributed by atoms with Crippen molar-refractivity contribution in [1.29, 1.82) is 0 Å². The van der Waals surface area contributed by atoms with Crippen LogP contribution in [0.5, 0.6) is 0 Å². The summed E-state index contributed by atoms with van der Waals surface area (Å²) in [6, 6.07) is 0. The molecular formula is C7H9BrN2O2. The van der Waals surface area contributed by atoms with Gasteiger partial charge in [0.25, 0.3) is 4.80 Å². The van der Waals surface area contributed by atoms with Gasteiger partial charge in [0, 0.05) is 15.9 Å². The fourth-order valence-electron chi connectivity index (χ4n) is 1.37. The van der Waals surface area contributed by atoms with Crippen LogP contribution in [0.15, 0.2) is 9.22 Å². The zero-order valence-electron chi connectivity index (χ0n) is 6.66. The van der Waals surface area contributed by atoms with Crippen LogP contribution in [0.25, 0.3) is 0 Å². The van der Waals surface area contributed by atoms with Gasteiger partial charge in [0.1, 0.15) is 0 Å². The first-order valence-electron chi connectivity index (χ1n) is 3.86. The smallest absolute Gasteiger partial charge is 0.284 e. The minimum Gasteiger partial charge on any atom is -0.415 e. The molecule has 1 aliphatic rings. The van der Waals surface area contributed by atoms with E-state index >= 15 is 0 Å². The maximum atomic E-state index is 5.39. The molecule has 0 aromatic carbocycles. The summed E-state index contributed by atoms with van der Waals surface area (Å²) >= 11 is 3.11. The molecule has 2 rings (SSSR count). The summed E-state index contributed by atoms with van der Waals surface area (Å²) in [6.07, 6.45) is 1.27. The van der Waals surface area contributed by atoms with Gasteiger partial charge in [-0.2, -0.15) is 0 Å². The van der Waals surface area contributed by atoms with E-state index in [4.69, 9.17) is 9.15 Å². The van der Waals surface area contributed by atoms with Crippen molar-refractivity contribution in [2.45, 2.75) is 25.4 Å². The topological polar surface area (TPSA) is 48.2 Å².